The van der Waals surface area contributed by atoms with Crippen LogP contribution >= 0.6 is 11.3 Å². The Morgan fingerprint density at radius 1 is 1.32 bits per heavy atom. The first-order valence-electron chi connectivity index (χ1n) is 11.5. The van der Waals surface area contributed by atoms with Gasteiger partial charge in [-0.15, -0.1) is 11.3 Å². The lowest BCUT2D eigenvalue weighted by atomic mass is 10.1. The molecule has 0 saturated carbocycles. The maximum Gasteiger partial charge on any atom is 0.261 e. The molecule has 2 aliphatic rings. The second kappa shape index (κ2) is 10.4. The van der Waals surface area contributed by atoms with Gasteiger partial charge in [-0.3, -0.25) is 14.4 Å². The van der Waals surface area contributed by atoms with Gasteiger partial charge in [0.15, 0.2) is 0 Å². The van der Waals surface area contributed by atoms with Crippen molar-refractivity contribution in [2.24, 2.45) is 0 Å². The van der Waals surface area contributed by atoms with E-state index in [0.29, 0.717) is 47.6 Å². The zero-order valence-corrected chi connectivity index (χ0v) is 20.0. The maximum atomic E-state index is 13.2. The molecule has 6 N–H and O–H groups in total. The van der Waals surface area contributed by atoms with Crippen molar-refractivity contribution >= 4 is 41.0 Å². The SMILES string of the molecule is CC[C@@H](NC(=O)c1ccc(N)c(C=N)c1)C(=O)N1CCc2sc(C(=O)NC3CCNC3)cc2C1. The summed E-state index contributed by atoms with van der Waals surface area (Å²) in [6, 6.07) is 6.10. The molecule has 2 aromatic rings. The Balaban J connectivity index is 1.40. The van der Waals surface area contributed by atoms with Crippen LogP contribution in [0, 0.1) is 5.41 Å². The van der Waals surface area contributed by atoms with Crippen molar-refractivity contribution in [3.05, 3.63) is 50.7 Å². The average Bonchev–Trinajstić information content (AvgIpc) is 3.51. The monoisotopic (exact) mass is 482 g/mol. The van der Waals surface area contributed by atoms with E-state index >= 15 is 0 Å². The van der Waals surface area contributed by atoms with E-state index in [1.54, 1.807) is 23.1 Å². The van der Waals surface area contributed by atoms with Gasteiger partial charge in [0, 0.05) is 53.6 Å². The van der Waals surface area contributed by atoms with Crippen molar-refractivity contribution in [1.82, 2.24) is 20.9 Å². The number of rotatable bonds is 7. The van der Waals surface area contributed by atoms with Gasteiger partial charge in [-0.25, -0.2) is 0 Å². The summed E-state index contributed by atoms with van der Waals surface area (Å²) in [4.78, 5) is 42.2. The van der Waals surface area contributed by atoms with Gasteiger partial charge >= 0.3 is 0 Å². The number of nitrogens with two attached hydrogens (primary N) is 1. The molecule has 4 rings (SSSR count). The summed E-state index contributed by atoms with van der Waals surface area (Å²) in [6.45, 7) is 4.54. The first kappa shape index (κ1) is 23.9. The maximum absolute atomic E-state index is 13.2. The van der Waals surface area contributed by atoms with Crippen LogP contribution in [-0.2, 0) is 17.8 Å². The lowest BCUT2D eigenvalue weighted by molar-refractivity contribution is -0.134. The average molecular weight is 483 g/mol. The van der Waals surface area contributed by atoms with Gasteiger partial charge in [-0.05, 0) is 55.6 Å². The summed E-state index contributed by atoms with van der Waals surface area (Å²) in [5.74, 6) is -0.576. The normalized spacial score (nSPS) is 18.1. The van der Waals surface area contributed by atoms with E-state index in [1.807, 2.05) is 13.0 Å². The van der Waals surface area contributed by atoms with Crippen LogP contribution in [0.15, 0.2) is 24.3 Å². The van der Waals surface area contributed by atoms with E-state index in [1.165, 1.54) is 11.3 Å². The smallest absolute Gasteiger partial charge is 0.261 e. The molecule has 2 atom stereocenters. The number of carbonyl (C=O) groups is 3. The molecule has 1 saturated heterocycles. The van der Waals surface area contributed by atoms with Gasteiger partial charge in [-0.1, -0.05) is 6.92 Å². The Labute approximate surface area is 202 Å². The van der Waals surface area contributed by atoms with Crippen LogP contribution in [-0.4, -0.2) is 60.6 Å². The highest BCUT2D eigenvalue weighted by Crippen LogP contribution is 2.29. The number of fused-ring (bicyclic) bond motifs is 1. The third-order valence-electron chi connectivity index (χ3n) is 6.31. The molecule has 1 aromatic carbocycles. The Hall–Kier alpha value is -3.24. The number of thiophene rings is 1. The van der Waals surface area contributed by atoms with E-state index in [2.05, 4.69) is 16.0 Å². The number of nitrogens with one attached hydrogen (secondary N) is 4. The van der Waals surface area contributed by atoms with Crippen LogP contribution in [0.3, 0.4) is 0 Å². The van der Waals surface area contributed by atoms with Gasteiger partial charge in [0.25, 0.3) is 11.8 Å². The summed E-state index contributed by atoms with van der Waals surface area (Å²) in [5.41, 5.74) is 8.02. The number of hydrogen-bond donors (Lipinski definition) is 5. The first-order chi connectivity index (χ1) is 16.4. The summed E-state index contributed by atoms with van der Waals surface area (Å²) in [7, 11) is 0. The molecular weight excluding hydrogens is 452 g/mol. The molecule has 1 fully saturated rings. The topological polar surface area (TPSA) is 140 Å². The van der Waals surface area contributed by atoms with E-state index in [0.717, 1.165) is 36.2 Å². The standard InChI is InChI=1S/C24H30N6O3S/c1-2-19(29-22(31)14-3-4-18(26)15(9-14)11-25)24(33)30-8-6-20-16(13-30)10-21(34-20)23(32)28-17-5-7-27-12-17/h3-4,9-11,17,19,25,27H,2,5-8,12-13,26H2,1H3,(H,28,32)(H,29,31)/t17?,19-/m1/s1. The third-order valence-corrected chi connectivity index (χ3v) is 7.55. The van der Waals surface area contributed by atoms with Crippen molar-refractivity contribution in [3.8, 4) is 0 Å². The fraction of sp³-hybridized carbons (Fsp3) is 0.417. The highest BCUT2D eigenvalue weighted by molar-refractivity contribution is 7.14. The quantitative estimate of drug-likeness (QED) is 0.301. The minimum Gasteiger partial charge on any atom is -0.398 e. The molecule has 0 bridgehead atoms. The van der Waals surface area contributed by atoms with Crippen LogP contribution in [0.1, 0.15) is 55.8 Å². The molecule has 1 aromatic heterocycles. The number of carbonyl (C=O) groups excluding carboxylic acids is 3. The predicted octanol–water partition coefficient (Wildman–Crippen LogP) is 1.51. The number of nitrogen functional groups attached to an aromatic ring is 1. The van der Waals surface area contributed by atoms with E-state index in [-0.39, 0.29) is 23.8 Å². The van der Waals surface area contributed by atoms with Crippen LogP contribution in [0.2, 0.25) is 0 Å². The fourth-order valence-corrected chi connectivity index (χ4v) is 5.38. The van der Waals surface area contributed by atoms with Crippen LogP contribution < -0.4 is 21.7 Å². The van der Waals surface area contributed by atoms with Gasteiger partial charge in [0.1, 0.15) is 6.04 Å². The molecule has 0 spiro atoms. The van der Waals surface area contributed by atoms with Crippen molar-refractivity contribution in [3.63, 3.8) is 0 Å². The molecule has 180 valence electrons. The van der Waals surface area contributed by atoms with Gasteiger partial charge < -0.3 is 32.0 Å². The number of benzene rings is 1. The number of amides is 3. The third kappa shape index (κ3) is 5.13. The lowest BCUT2D eigenvalue weighted by Crippen LogP contribution is -2.49. The zero-order chi connectivity index (χ0) is 24.2. The zero-order valence-electron chi connectivity index (χ0n) is 19.1. The summed E-state index contributed by atoms with van der Waals surface area (Å²) >= 11 is 1.50. The largest absolute Gasteiger partial charge is 0.398 e. The minimum atomic E-state index is -0.661. The second-order valence-corrected chi connectivity index (χ2v) is 9.79. The molecule has 9 nitrogen and oxygen atoms in total. The molecule has 3 amide bonds. The van der Waals surface area contributed by atoms with Crippen LogP contribution in [0.25, 0.3) is 0 Å². The summed E-state index contributed by atoms with van der Waals surface area (Å²) in [6.07, 6.45) is 3.17. The predicted molar refractivity (Wildman–Crippen MR) is 132 cm³/mol. The molecule has 34 heavy (non-hydrogen) atoms. The molecule has 1 unspecified atom stereocenters. The molecule has 2 aliphatic heterocycles. The summed E-state index contributed by atoms with van der Waals surface area (Å²) < 4.78 is 0. The molecule has 0 radical (unpaired) electrons. The van der Waals surface area contributed by atoms with Gasteiger partial charge in [0.05, 0.1) is 4.88 Å². The minimum absolute atomic E-state index is 0.0579. The Bertz CT molecular complexity index is 1110. The summed E-state index contributed by atoms with van der Waals surface area (Å²) in [5, 5.41) is 16.6. The van der Waals surface area contributed by atoms with Crippen molar-refractivity contribution in [2.45, 2.75) is 44.8 Å². The Morgan fingerprint density at radius 3 is 2.85 bits per heavy atom. The van der Waals surface area contributed by atoms with E-state index < -0.39 is 6.04 Å². The van der Waals surface area contributed by atoms with Crippen molar-refractivity contribution < 1.29 is 14.4 Å². The van der Waals surface area contributed by atoms with Crippen LogP contribution in [0.5, 0.6) is 0 Å². The second-order valence-electron chi connectivity index (χ2n) is 8.65. The first-order valence-corrected chi connectivity index (χ1v) is 12.3. The molecule has 10 heteroatoms. The molecule has 3 heterocycles. The highest BCUT2D eigenvalue weighted by Gasteiger charge is 2.30. The van der Waals surface area contributed by atoms with E-state index in [4.69, 9.17) is 11.1 Å². The number of nitrogens with zero attached hydrogens (tertiary/aromatic N) is 1. The van der Waals surface area contributed by atoms with Crippen LogP contribution in [0.4, 0.5) is 5.69 Å². The highest BCUT2D eigenvalue weighted by atomic mass is 32.1. The van der Waals surface area contributed by atoms with Crippen molar-refractivity contribution in [1.29, 1.82) is 5.41 Å². The Morgan fingerprint density at radius 2 is 2.15 bits per heavy atom. The fourth-order valence-electron chi connectivity index (χ4n) is 4.31. The molecule has 0 aliphatic carbocycles. The van der Waals surface area contributed by atoms with Gasteiger partial charge in [-0.2, -0.15) is 0 Å². The van der Waals surface area contributed by atoms with Crippen molar-refractivity contribution in [2.75, 3.05) is 25.4 Å². The number of anilines is 1. The lowest BCUT2D eigenvalue weighted by Gasteiger charge is -2.30. The molecular formula is C24H30N6O3S. The van der Waals surface area contributed by atoms with E-state index in [9.17, 15) is 14.4 Å². The van der Waals surface area contributed by atoms with Gasteiger partial charge in [0.2, 0.25) is 5.91 Å². The number of hydrogen-bond acceptors (Lipinski definition) is 7. The Kier molecular flexibility index (Phi) is 7.28.